The van der Waals surface area contributed by atoms with Gasteiger partial charge in [0.2, 0.25) is 0 Å². The number of aliphatic carboxylic acids is 1. The van der Waals surface area contributed by atoms with Crippen LogP contribution in [0.25, 0.3) is 22.3 Å². The molecule has 1 amide bonds. The van der Waals surface area contributed by atoms with Crippen LogP contribution in [0.4, 0.5) is 14.5 Å². The number of benzene rings is 3. The zero-order chi connectivity index (χ0) is 28.2. The zero-order valence-corrected chi connectivity index (χ0v) is 22.2. The molecule has 1 atom stereocenters. The third-order valence-electron chi connectivity index (χ3n) is 7.24. The number of rotatable bonds is 8. The Morgan fingerprint density at radius 3 is 2.27 bits per heavy atom. The molecule has 0 bridgehead atoms. The number of unbranched alkanes of at least 4 members (excludes halogenated alkanes) is 1. The first-order valence-electron chi connectivity index (χ1n) is 13.4. The minimum absolute atomic E-state index is 0.0567. The first kappa shape index (κ1) is 27.2. The molecule has 4 aromatic rings. The van der Waals surface area contributed by atoms with Crippen molar-refractivity contribution in [3.8, 4) is 11.3 Å². The van der Waals surface area contributed by atoms with E-state index >= 15 is 0 Å². The molecule has 0 radical (unpaired) electrons. The lowest BCUT2D eigenvalue weighted by Crippen LogP contribution is -2.54. The summed E-state index contributed by atoms with van der Waals surface area (Å²) in [6.07, 6.45) is 1.68. The molecule has 1 fully saturated rings. The number of nitrogens with zero attached hydrogens (tertiary/aromatic N) is 4. The minimum atomic E-state index is -0.848. The Morgan fingerprint density at radius 2 is 1.60 bits per heavy atom. The molecule has 0 saturated carbocycles. The Bertz CT molecular complexity index is 1530. The van der Waals surface area contributed by atoms with E-state index < -0.39 is 5.97 Å². The van der Waals surface area contributed by atoms with Crippen molar-refractivity contribution in [2.45, 2.75) is 38.6 Å². The third-order valence-corrected chi connectivity index (χ3v) is 7.24. The number of hydrogen-bond donors (Lipinski definition) is 1. The van der Waals surface area contributed by atoms with E-state index in [1.807, 2.05) is 11.8 Å². The summed E-state index contributed by atoms with van der Waals surface area (Å²) < 4.78 is 26.9. The lowest BCUT2D eigenvalue weighted by Gasteiger charge is -2.41. The highest BCUT2D eigenvalue weighted by molar-refractivity contribution is 5.98. The van der Waals surface area contributed by atoms with E-state index in [0.717, 1.165) is 11.3 Å². The van der Waals surface area contributed by atoms with E-state index in [0.29, 0.717) is 66.9 Å². The van der Waals surface area contributed by atoms with Gasteiger partial charge in [-0.2, -0.15) is 0 Å². The third kappa shape index (κ3) is 6.09. The average Bonchev–Trinajstić information content (AvgIpc) is 2.95. The summed E-state index contributed by atoms with van der Waals surface area (Å²) in [6.45, 7) is 3.79. The molecule has 1 aromatic heterocycles. The maximum absolute atomic E-state index is 13.6. The number of aryl methyl sites for hydroxylation is 1. The summed E-state index contributed by atoms with van der Waals surface area (Å²) in [4.78, 5) is 38.1. The Balaban J connectivity index is 1.39. The van der Waals surface area contributed by atoms with Crippen LogP contribution in [0, 0.1) is 11.6 Å². The van der Waals surface area contributed by atoms with Gasteiger partial charge >= 0.3 is 5.97 Å². The van der Waals surface area contributed by atoms with E-state index in [9.17, 15) is 18.4 Å². The monoisotopic (exact) mass is 544 g/mol. The van der Waals surface area contributed by atoms with Crippen molar-refractivity contribution >= 4 is 28.6 Å². The molecule has 0 unspecified atom stereocenters. The van der Waals surface area contributed by atoms with Crippen molar-refractivity contribution in [3.63, 3.8) is 0 Å². The molecular weight excluding hydrogens is 514 g/mol. The normalized spacial score (nSPS) is 15.4. The van der Waals surface area contributed by atoms with Crippen molar-refractivity contribution in [2.75, 3.05) is 24.5 Å². The van der Waals surface area contributed by atoms with Crippen molar-refractivity contribution in [2.24, 2.45) is 0 Å². The van der Waals surface area contributed by atoms with E-state index in [-0.39, 0.29) is 30.0 Å². The van der Waals surface area contributed by atoms with Gasteiger partial charge in [0.15, 0.2) is 0 Å². The molecule has 1 N–H and O–H groups in total. The molecule has 5 rings (SSSR count). The SMILES string of the molecule is C[C@H]1CN(c2ccc(F)cc2)CCN1C(=O)c1ccc2nc(-c3ccc(F)cc3)c(CCCCC(=O)O)nc2c1. The molecule has 206 valence electrons. The number of amides is 1. The van der Waals surface area contributed by atoms with Gasteiger partial charge in [-0.1, -0.05) is 0 Å². The molecule has 1 aliphatic heterocycles. The summed E-state index contributed by atoms with van der Waals surface area (Å²) in [7, 11) is 0. The van der Waals surface area contributed by atoms with Crippen molar-refractivity contribution < 1.29 is 23.5 Å². The molecule has 40 heavy (non-hydrogen) atoms. The lowest BCUT2D eigenvalue weighted by molar-refractivity contribution is -0.137. The fourth-order valence-corrected chi connectivity index (χ4v) is 5.12. The number of hydrogen-bond acceptors (Lipinski definition) is 5. The second-order valence-electron chi connectivity index (χ2n) is 10.1. The number of fused-ring (bicyclic) bond motifs is 1. The van der Waals surface area contributed by atoms with Crippen LogP contribution in [-0.4, -0.2) is 57.5 Å². The Morgan fingerprint density at radius 1 is 0.900 bits per heavy atom. The molecule has 3 aromatic carbocycles. The maximum atomic E-state index is 13.6. The number of carbonyl (C=O) groups excluding carboxylic acids is 1. The van der Waals surface area contributed by atoms with Gasteiger partial charge in [-0.25, -0.2) is 18.7 Å². The van der Waals surface area contributed by atoms with Crippen LogP contribution in [-0.2, 0) is 11.2 Å². The van der Waals surface area contributed by atoms with E-state index in [4.69, 9.17) is 15.1 Å². The minimum Gasteiger partial charge on any atom is -0.481 e. The number of carbonyl (C=O) groups is 2. The number of carboxylic acid groups (broad SMARTS) is 1. The van der Waals surface area contributed by atoms with Gasteiger partial charge in [-0.05, 0) is 92.9 Å². The van der Waals surface area contributed by atoms with Gasteiger partial charge in [0.25, 0.3) is 5.91 Å². The highest BCUT2D eigenvalue weighted by Crippen LogP contribution is 2.27. The first-order valence-corrected chi connectivity index (χ1v) is 13.4. The van der Waals surface area contributed by atoms with Crippen LogP contribution >= 0.6 is 0 Å². The molecule has 2 heterocycles. The van der Waals surface area contributed by atoms with E-state index in [1.54, 1.807) is 42.5 Å². The van der Waals surface area contributed by atoms with Gasteiger partial charge in [0, 0.05) is 48.9 Å². The van der Waals surface area contributed by atoms with Gasteiger partial charge in [-0.15, -0.1) is 0 Å². The number of halogens is 2. The molecule has 1 saturated heterocycles. The largest absolute Gasteiger partial charge is 0.481 e. The smallest absolute Gasteiger partial charge is 0.303 e. The second kappa shape index (κ2) is 11.8. The van der Waals surface area contributed by atoms with Crippen molar-refractivity contribution in [1.82, 2.24) is 14.9 Å². The van der Waals surface area contributed by atoms with Crippen LogP contribution in [0.5, 0.6) is 0 Å². The quantitative estimate of drug-likeness (QED) is 0.286. The number of piperazine rings is 1. The zero-order valence-electron chi connectivity index (χ0n) is 22.2. The van der Waals surface area contributed by atoms with Crippen LogP contribution < -0.4 is 4.90 Å². The van der Waals surface area contributed by atoms with E-state index in [2.05, 4.69) is 4.90 Å². The van der Waals surface area contributed by atoms with Crippen molar-refractivity contribution in [1.29, 1.82) is 0 Å². The van der Waals surface area contributed by atoms with Crippen molar-refractivity contribution in [3.05, 3.63) is 89.6 Å². The summed E-state index contributed by atoms with van der Waals surface area (Å²) in [6, 6.07) is 17.6. The number of anilines is 1. The average molecular weight is 545 g/mol. The first-order chi connectivity index (χ1) is 19.3. The molecule has 1 aliphatic rings. The van der Waals surface area contributed by atoms with Crippen LogP contribution in [0.1, 0.15) is 42.2 Å². The molecule has 0 spiro atoms. The summed E-state index contributed by atoms with van der Waals surface area (Å²) in [5, 5.41) is 8.99. The Labute approximate surface area is 231 Å². The van der Waals surface area contributed by atoms with Gasteiger partial charge in [0.05, 0.1) is 22.4 Å². The summed E-state index contributed by atoms with van der Waals surface area (Å²) >= 11 is 0. The number of aromatic nitrogens is 2. The highest BCUT2D eigenvalue weighted by Gasteiger charge is 2.28. The fraction of sp³-hybridized carbons (Fsp3) is 0.290. The fourth-order valence-electron chi connectivity index (χ4n) is 5.12. The van der Waals surface area contributed by atoms with Crippen LogP contribution in [0.15, 0.2) is 66.7 Å². The van der Waals surface area contributed by atoms with Crippen LogP contribution in [0.3, 0.4) is 0 Å². The predicted molar refractivity (Wildman–Crippen MR) is 149 cm³/mol. The molecule has 9 heteroatoms. The topological polar surface area (TPSA) is 86.6 Å². The summed E-state index contributed by atoms with van der Waals surface area (Å²) in [5.74, 6) is -1.57. The van der Waals surface area contributed by atoms with Gasteiger partial charge in [-0.3, -0.25) is 9.59 Å². The maximum Gasteiger partial charge on any atom is 0.303 e. The van der Waals surface area contributed by atoms with Gasteiger partial charge in [0.1, 0.15) is 11.6 Å². The van der Waals surface area contributed by atoms with Gasteiger partial charge < -0.3 is 14.9 Å². The second-order valence-corrected chi connectivity index (χ2v) is 10.1. The standard InChI is InChI=1S/C31H30F2N4O3/c1-20-19-36(25-13-11-24(33)12-14-25)16-17-37(20)31(40)22-8-15-26-28(18-22)34-27(4-2-3-5-29(38)39)30(35-26)21-6-9-23(32)10-7-21/h6-15,18,20H,2-5,16-17,19H2,1H3,(H,38,39)/t20-/m0/s1. The number of carboxylic acids is 1. The summed E-state index contributed by atoms with van der Waals surface area (Å²) in [5.41, 5.74) is 4.63. The lowest BCUT2D eigenvalue weighted by atomic mass is 10.0. The molecule has 0 aliphatic carbocycles. The molecular formula is C31H30F2N4O3. The predicted octanol–water partition coefficient (Wildman–Crippen LogP) is 5.72. The van der Waals surface area contributed by atoms with E-state index in [1.165, 1.54) is 24.3 Å². The van der Waals surface area contributed by atoms with Crippen LogP contribution in [0.2, 0.25) is 0 Å². The highest BCUT2D eigenvalue weighted by atomic mass is 19.1. The molecule has 7 nitrogen and oxygen atoms in total. The Hall–Kier alpha value is -4.40. The Kier molecular flexibility index (Phi) is 8.00.